The molecule has 0 fully saturated rings. The second kappa shape index (κ2) is 2.96. The van der Waals surface area contributed by atoms with E-state index in [0.717, 1.165) is 30.8 Å². The molecule has 0 unspecified atom stereocenters. The predicted octanol–water partition coefficient (Wildman–Crippen LogP) is 0.709. The number of hydrogen-bond acceptors (Lipinski definition) is 2. The van der Waals surface area contributed by atoms with Crippen LogP contribution in [0.3, 0.4) is 0 Å². The quantitative estimate of drug-likeness (QED) is 0.562. The first-order chi connectivity index (χ1) is 5.92. The van der Waals surface area contributed by atoms with Crippen molar-refractivity contribution in [3.63, 3.8) is 0 Å². The second-order valence-electron chi connectivity index (χ2n) is 2.85. The van der Waals surface area contributed by atoms with E-state index in [0.29, 0.717) is 0 Å². The lowest BCUT2D eigenvalue weighted by Gasteiger charge is -2.16. The van der Waals surface area contributed by atoms with Crippen LogP contribution in [0.1, 0.15) is 16.8 Å². The van der Waals surface area contributed by atoms with Crippen molar-refractivity contribution in [2.45, 2.75) is 13.0 Å². The smallest absolute Gasteiger partial charge is 0.0586 e. The molecule has 2 heteroatoms. The highest BCUT2D eigenvalue weighted by Crippen LogP contribution is 2.14. The van der Waals surface area contributed by atoms with Gasteiger partial charge >= 0.3 is 0 Å². The number of nitrogens with one attached hydrogen (secondary N) is 1. The highest BCUT2D eigenvalue weighted by Gasteiger charge is 2.11. The highest BCUT2D eigenvalue weighted by atomic mass is 14.9. The van der Waals surface area contributed by atoms with E-state index < -0.39 is 0 Å². The van der Waals surface area contributed by atoms with Crippen molar-refractivity contribution in [3.8, 4) is 12.3 Å². The Morgan fingerprint density at radius 3 is 3.33 bits per heavy atom. The van der Waals surface area contributed by atoms with Crippen LogP contribution in [0.5, 0.6) is 0 Å². The summed E-state index contributed by atoms with van der Waals surface area (Å²) >= 11 is 0. The molecule has 60 valence electrons. The Balaban J connectivity index is 2.53. The lowest BCUT2D eigenvalue weighted by molar-refractivity contribution is 0.626. The maximum atomic E-state index is 5.38. The Morgan fingerprint density at radius 1 is 1.58 bits per heavy atom. The zero-order valence-corrected chi connectivity index (χ0v) is 6.80. The van der Waals surface area contributed by atoms with Gasteiger partial charge in [0.15, 0.2) is 0 Å². The maximum Gasteiger partial charge on any atom is 0.0586 e. The van der Waals surface area contributed by atoms with Crippen LogP contribution in [0.25, 0.3) is 0 Å². The third-order valence-electron chi connectivity index (χ3n) is 2.14. The molecule has 0 bridgehead atoms. The van der Waals surface area contributed by atoms with Gasteiger partial charge in [-0.1, -0.05) is 5.92 Å². The molecule has 0 amide bonds. The minimum Gasteiger partial charge on any atom is -0.311 e. The lowest BCUT2D eigenvalue weighted by atomic mass is 10.0. The molecule has 1 aromatic rings. The molecule has 12 heavy (non-hydrogen) atoms. The third kappa shape index (κ3) is 1.09. The number of hydrogen-bond donors (Lipinski definition) is 1. The van der Waals surface area contributed by atoms with Crippen LogP contribution in [0.2, 0.25) is 0 Å². The van der Waals surface area contributed by atoms with Gasteiger partial charge in [-0.3, -0.25) is 4.98 Å². The first-order valence-electron chi connectivity index (χ1n) is 4.06. The summed E-state index contributed by atoms with van der Waals surface area (Å²) in [6, 6.07) is 1.91. The van der Waals surface area contributed by atoms with Gasteiger partial charge in [-0.15, -0.1) is 6.42 Å². The fourth-order valence-corrected chi connectivity index (χ4v) is 1.52. The van der Waals surface area contributed by atoms with Gasteiger partial charge in [0.25, 0.3) is 0 Å². The van der Waals surface area contributed by atoms with E-state index in [4.69, 9.17) is 6.42 Å². The molecule has 0 saturated heterocycles. The third-order valence-corrected chi connectivity index (χ3v) is 2.14. The van der Waals surface area contributed by atoms with Crippen molar-refractivity contribution in [3.05, 3.63) is 29.1 Å². The molecule has 0 aliphatic carbocycles. The second-order valence-corrected chi connectivity index (χ2v) is 2.85. The van der Waals surface area contributed by atoms with E-state index in [2.05, 4.69) is 16.2 Å². The molecular formula is C10H10N2. The SMILES string of the molecule is C#Cc1ccnc2c1CCNC2. The van der Waals surface area contributed by atoms with Gasteiger partial charge in [-0.25, -0.2) is 0 Å². The van der Waals surface area contributed by atoms with Crippen molar-refractivity contribution in [1.29, 1.82) is 0 Å². The van der Waals surface area contributed by atoms with E-state index in [-0.39, 0.29) is 0 Å². The summed E-state index contributed by atoms with van der Waals surface area (Å²) in [6.07, 6.45) is 8.16. The van der Waals surface area contributed by atoms with Crippen LogP contribution >= 0.6 is 0 Å². The molecule has 0 saturated carbocycles. The molecule has 0 spiro atoms. The zero-order chi connectivity index (χ0) is 8.39. The number of rotatable bonds is 0. The predicted molar refractivity (Wildman–Crippen MR) is 47.6 cm³/mol. The molecule has 2 nitrogen and oxygen atoms in total. The zero-order valence-electron chi connectivity index (χ0n) is 6.80. The summed E-state index contributed by atoms with van der Waals surface area (Å²) in [5, 5.41) is 3.26. The topological polar surface area (TPSA) is 24.9 Å². The average molecular weight is 158 g/mol. The van der Waals surface area contributed by atoms with E-state index >= 15 is 0 Å². The Kier molecular flexibility index (Phi) is 1.81. The van der Waals surface area contributed by atoms with Crippen LogP contribution in [0.4, 0.5) is 0 Å². The normalized spacial score (nSPS) is 14.9. The van der Waals surface area contributed by atoms with Crippen molar-refractivity contribution in [1.82, 2.24) is 10.3 Å². The summed E-state index contributed by atoms with van der Waals surface area (Å²) in [4.78, 5) is 4.27. The summed E-state index contributed by atoms with van der Waals surface area (Å²) in [7, 11) is 0. The standard InChI is InChI=1S/C10H10N2/c1-2-8-3-6-12-10-7-11-5-4-9(8)10/h1,3,6,11H,4-5,7H2. The Labute approximate surface area is 72.0 Å². The number of pyridine rings is 1. The Morgan fingerprint density at radius 2 is 2.50 bits per heavy atom. The van der Waals surface area contributed by atoms with Crippen molar-refractivity contribution < 1.29 is 0 Å². The van der Waals surface area contributed by atoms with E-state index in [1.807, 2.05) is 6.07 Å². The molecule has 0 atom stereocenters. The molecule has 0 aromatic carbocycles. The summed E-state index contributed by atoms with van der Waals surface area (Å²) < 4.78 is 0. The Bertz CT molecular complexity index is 336. The lowest BCUT2D eigenvalue weighted by Crippen LogP contribution is -2.25. The monoisotopic (exact) mass is 158 g/mol. The van der Waals surface area contributed by atoms with Crippen LogP contribution in [0.15, 0.2) is 12.3 Å². The van der Waals surface area contributed by atoms with Crippen LogP contribution in [-0.2, 0) is 13.0 Å². The van der Waals surface area contributed by atoms with E-state index in [1.165, 1.54) is 5.56 Å². The molecule has 2 rings (SSSR count). The van der Waals surface area contributed by atoms with Crippen molar-refractivity contribution in [2.24, 2.45) is 0 Å². The fraction of sp³-hybridized carbons (Fsp3) is 0.300. The van der Waals surface area contributed by atoms with E-state index in [1.54, 1.807) is 6.20 Å². The number of aromatic nitrogens is 1. The molecule has 1 N–H and O–H groups in total. The first-order valence-corrected chi connectivity index (χ1v) is 4.06. The molecule has 0 radical (unpaired) electrons. The summed E-state index contributed by atoms with van der Waals surface area (Å²) in [5.74, 6) is 2.69. The maximum absolute atomic E-state index is 5.38. The molecule has 1 aliphatic heterocycles. The van der Waals surface area contributed by atoms with Crippen molar-refractivity contribution in [2.75, 3.05) is 6.54 Å². The fourth-order valence-electron chi connectivity index (χ4n) is 1.52. The first kappa shape index (κ1) is 7.33. The van der Waals surface area contributed by atoms with Gasteiger partial charge in [0.2, 0.25) is 0 Å². The molecule has 1 aromatic heterocycles. The summed E-state index contributed by atoms with van der Waals surface area (Å²) in [6.45, 7) is 1.86. The minimum atomic E-state index is 0.852. The molecule has 2 heterocycles. The van der Waals surface area contributed by atoms with Gasteiger partial charge < -0.3 is 5.32 Å². The number of terminal acetylenes is 1. The van der Waals surface area contributed by atoms with Gasteiger partial charge in [0.1, 0.15) is 0 Å². The number of nitrogens with zero attached hydrogens (tertiary/aromatic N) is 1. The van der Waals surface area contributed by atoms with Gasteiger partial charge in [0.05, 0.1) is 5.69 Å². The van der Waals surface area contributed by atoms with Crippen molar-refractivity contribution >= 4 is 0 Å². The van der Waals surface area contributed by atoms with Crippen LogP contribution in [0, 0.1) is 12.3 Å². The molecular weight excluding hydrogens is 148 g/mol. The molecule has 1 aliphatic rings. The van der Waals surface area contributed by atoms with Gasteiger partial charge in [0, 0.05) is 18.3 Å². The van der Waals surface area contributed by atoms with Crippen LogP contribution in [-0.4, -0.2) is 11.5 Å². The summed E-state index contributed by atoms with van der Waals surface area (Å²) in [5.41, 5.74) is 3.36. The van der Waals surface area contributed by atoms with Crippen LogP contribution < -0.4 is 5.32 Å². The van der Waals surface area contributed by atoms with Gasteiger partial charge in [-0.2, -0.15) is 0 Å². The highest BCUT2D eigenvalue weighted by molar-refractivity contribution is 5.42. The van der Waals surface area contributed by atoms with Gasteiger partial charge in [-0.05, 0) is 24.6 Å². The van der Waals surface area contributed by atoms with E-state index in [9.17, 15) is 0 Å². The largest absolute Gasteiger partial charge is 0.311 e. The Hall–Kier alpha value is -1.33. The average Bonchev–Trinajstić information content (AvgIpc) is 2.17. The minimum absolute atomic E-state index is 0.852. The number of fused-ring (bicyclic) bond motifs is 1.